The highest BCUT2D eigenvalue weighted by Gasteiger charge is 2.20. The van der Waals surface area contributed by atoms with Crippen LogP contribution in [0.5, 0.6) is 0 Å². The molecule has 1 heterocycles. The highest BCUT2D eigenvalue weighted by atomic mass is 16.4. The van der Waals surface area contributed by atoms with Crippen LogP contribution in [0.4, 0.5) is 5.69 Å². The van der Waals surface area contributed by atoms with Gasteiger partial charge in [0.05, 0.1) is 0 Å². The van der Waals surface area contributed by atoms with Gasteiger partial charge in [-0.05, 0) is 56.2 Å². The fraction of sp³-hybridized carbons (Fsp3) is 0.529. The Morgan fingerprint density at radius 1 is 1.24 bits per heavy atom. The quantitative estimate of drug-likeness (QED) is 0.903. The van der Waals surface area contributed by atoms with Crippen LogP contribution in [-0.4, -0.2) is 16.2 Å². The molecule has 0 bridgehead atoms. The van der Waals surface area contributed by atoms with E-state index in [1.54, 1.807) is 0 Å². The summed E-state index contributed by atoms with van der Waals surface area (Å²) in [6.07, 6.45) is 7.91. The molecule has 1 saturated carbocycles. The number of nitrogens with one attached hydrogen (secondary N) is 1. The van der Waals surface area contributed by atoms with Crippen molar-refractivity contribution in [2.45, 2.75) is 52.0 Å². The minimum atomic E-state index is 0.577. The Morgan fingerprint density at radius 3 is 2.71 bits per heavy atom. The van der Waals surface area contributed by atoms with Crippen molar-refractivity contribution in [3.05, 3.63) is 30.2 Å². The van der Waals surface area contributed by atoms with Gasteiger partial charge in [0.15, 0.2) is 0 Å². The standard InChI is InChI=1S/C17H23N3O/c1-3-13-5-8-15(9-6-13)19-16-10-14(7-4-12(16)2)17-20-18-11-21-17/h4,7,10-11,13,15,19H,3,5-6,8-9H2,1-2H3. The predicted octanol–water partition coefficient (Wildman–Crippen LogP) is 4.43. The first-order chi connectivity index (χ1) is 10.3. The van der Waals surface area contributed by atoms with E-state index in [0.29, 0.717) is 11.9 Å². The molecule has 1 aromatic carbocycles. The second kappa shape index (κ2) is 6.29. The van der Waals surface area contributed by atoms with E-state index in [-0.39, 0.29) is 0 Å². The molecule has 112 valence electrons. The first kappa shape index (κ1) is 14.1. The Labute approximate surface area is 126 Å². The van der Waals surface area contributed by atoms with E-state index in [1.165, 1.54) is 49.7 Å². The van der Waals surface area contributed by atoms with Crippen molar-refractivity contribution in [3.8, 4) is 11.5 Å². The summed E-state index contributed by atoms with van der Waals surface area (Å²) in [7, 11) is 0. The summed E-state index contributed by atoms with van der Waals surface area (Å²) < 4.78 is 5.28. The fourth-order valence-electron chi connectivity index (χ4n) is 3.14. The van der Waals surface area contributed by atoms with E-state index < -0.39 is 0 Å². The number of hydrogen-bond acceptors (Lipinski definition) is 4. The molecule has 0 saturated heterocycles. The van der Waals surface area contributed by atoms with Crippen LogP contribution in [0.25, 0.3) is 11.5 Å². The molecule has 0 aliphatic heterocycles. The third-order valence-electron chi connectivity index (χ3n) is 4.63. The van der Waals surface area contributed by atoms with Gasteiger partial charge in [-0.3, -0.25) is 0 Å². The summed E-state index contributed by atoms with van der Waals surface area (Å²) in [5.74, 6) is 1.50. The Morgan fingerprint density at radius 2 is 2.05 bits per heavy atom. The van der Waals surface area contributed by atoms with Gasteiger partial charge < -0.3 is 9.73 Å². The summed E-state index contributed by atoms with van der Waals surface area (Å²) in [6.45, 7) is 4.44. The lowest BCUT2D eigenvalue weighted by molar-refractivity contribution is 0.330. The molecular weight excluding hydrogens is 262 g/mol. The first-order valence-corrected chi connectivity index (χ1v) is 7.90. The van der Waals surface area contributed by atoms with Crippen LogP contribution in [-0.2, 0) is 0 Å². The highest BCUT2D eigenvalue weighted by molar-refractivity contribution is 5.64. The number of hydrogen-bond donors (Lipinski definition) is 1. The van der Waals surface area contributed by atoms with Crippen molar-refractivity contribution < 1.29 is 4.42 Å². The molecule has 0 atom stereocenters. The molecule has 1 fully saturated rings. The van der Waals surface area contributed by atoms with Gasteiger partial charge in [0.25, 0.3) is 0 Å². The Hall–Kier alpha value is -1.84. The molecule has 0 unspecified atom stereocenters. The molecule has 1 N–H and O–H groups in total. The van der Waals surface area contributed by atoms with Gasteiger partial charge in [0.2, 0.25) is 12.3 Å². The number of benzene rings is 1. The monoisotopic (exact) mass is 285 g/mol. The van der Waals surface area contributed by atoms with Crippen LogP contribution in [0.15, 0.2) is 29.0 Å². The van der Waals surface area contributed by atoms with Crippen molar-refractivity contribution >= 4 is 5.69 Å². The maximum Gasteiger partial charge on any atom is 0.247 e. The fourth-order valence-corrected chi connectivity index (χ4v) is 3.14. The van der Waals surface area contributed by atoms with Gasteiger partial charge in [0.1, 0.15) is 0 Å². The van der Waals surface area contributed by atoms with Gasteiger partial charge in [-0.15, -0.1) is 10.2 Å². The molecule has 1 aliphatic rings. The number of nitrogens with zero attached hydrogens (tertiary/aromatic N) is 2. The largest absolute Gasteiger partial charge is 0.423 e. The minimum absolute atomic E-state index is 0.577. The number of anilines is 1. The minimum Gasteiger partial charge on any atom is -0.423 e. The van der Waals surface area contributed by atoms with Crippen LogP contribution in [0, 0.1) is 12.8 Å². The average Bonchev–Trinajstić information content (AvgIpc) is 3.04. The molecule has 1 aromatic heterocycles. The van der Waals surface area contributed by atoms with Gasteiger partial charge in [-0.25, -0.2) is 0 Å². The topological polar surface area (TPSA) is 51.0 Å². The van der Waals surface area contributed by atoms with Crippen molar-refractivity contribution in [2.24, 2.45) is 5.92 Å². The molecule has 3 rings (SSSR count). The van der Waals surface area contributed by atoms with Crippen molar-refractivity contribution in [2.75, 3.05) is 5.32 Å². The average molecular weight is 285 g/mol. The first-order valence-electron chi connectivity index (χ1n) is 7.90. The van der Waals surface area contributed by atoms with E-state index in [4.69, 9.17) is 4.42 Å². The Bertz CT molecular complexity index is 572. The van der Waals surface area contributed by atoms with Gasteiger partial charge in [0, 0.05) is 17.3 Å². The summed E-state index contributed by atoms with van der Waals surface area (Å²) in [6, 6.07) is 6.85. The van der Waals surface area contributed by atoms with E-state index in [2.05, 4.69) is 41.5 Å². The van der Waals surface area contributed by atoms with Crippen LogP contribution in [0.1, 0.15) is 44.6 Å². The lowest BCUT2D eigenvalue weighted by Gasteiger charge is -2.29. The van der Waals surface area contributed by atoms with E-state index in [0.717, 1.165) is 11.5 Å². The van der Waals surface area contributed by atoms with Crippen LogP contribution < -0.4 is 5.32 Å². The molecule has 4 heteroatoms. The summed E-state index contributed by atoms with van der Waals surface area (Å²) in [5, 5.41) is 11.4. The predicted molar refractivity (Wildman–Crippen MR) is 84.1 cm³/mol. The number of aryl methyl sites for hydroxylation is 1. The normalized spacial score (nSPS) is 22.2. The zero-order valence-corrected chi connectivity index (χ0v) is 12.8. The SMILES string of the molecule is CCC1CCC(Nc2cc(-c3nnco3)ccc2C)CC1. The van der Waals surface area contributed by atoms with Gasteiger partial charge >= 0.3 is 0 Å². The summed E-state index contributed by atoms with van der Waals surface area (Å²) in [5.41, 5.74) is 3.42. The van der Waals surface area contributed by atoms with Crippen LogP contribution in [0.3, 0.4) is 0 Å². The zero-order chi connectivity index (χ0) is 14.7. The molecular formula is C17H23N3O. The molecule has 0 amide bonds. The Kier molecular flexibility index (Phi) is 4.23. The molecule has 0 radical (unpaired) electrons. The van der Waals surface area contributed by atoms with Gasteiger partial charge in [-0.2, -0.15) is 0 Å². The van der Waals surface area contributed by atoms with Crippen molar-refractivity contribution in [1.29, 1.82) is 0 Å². The molecule has 21 heavy (non-hydrogen) atoms. The van der Waals surface area contributed by atoms with E-state index in [9.17, 15) is 0 Å². The van der Waals surface area contributed by atoms with Crippen LogP contribution >= 0.6 is 0 Å². The second-order valence-corrected chi connectivity index (χ2v) is 6.04. The summed E-state index contributed by atoms with van der Waals surface area (Å²) >= 11 is 0. The third-order valence-corrected chi connectivity index (χ3v) is 4.63. The number of rotatable bonds is 4. The van der Waals surface area contributed by atoms with Crippen LogP contribution in [0.2, 0.25) is 0 Å². The Balaban J connectivity index is 1.72. The lowest BCUT2D eigenvalue weighted by atomic mass is 9.84. The third kappa shape index (κ3) is 3.26. The molecule has 1 aliphatic carbocycles. The zero-order valence-electron chi connectivity index (χ0n) is 12.8. The lowest BCUT2D eigenvalue weighted by Crippen LogP contribution is -2.26. The maximum absolute atomic E-state index is 5.28. The van der Waals surface area contributed by atoms with Crippen molar-refractivity contribution in [3.63, 3.8) is 0 Å². The second-order valence-electron chi connectivity index (χ2n) is 6.04. The van der Waals surface area contributed by atoms with E-state index in [1.807, 2.05) is 6.07 Å². The number of aromatic nitrogens is 2. The van der Waals surface area contributed by atoms with Crippen molar-refractivity contribution in [1.82, 2.24) is 10.2 Å². The maximum atomic E-state index is 5.28. The van der Waals surface area contributed by atoms with E-state index >= 15 is 0 Å². The molecule has 2 aromatic rings. The highest BCUT2D eigenvalue weighted by Crippen LogP contribution is 2.30. The molecule has 4 nitrogen and oxygen atoms in total. The van der Waals surface area contributed by atoms with Gasteiger partial charge in [-0.1, -0.05) is 19.4 Å². The molecule has 0 spiro atoms. The smallest absolute Gasteiger partial charge is 0.247 e. The summed E-state index contributed by atoms with van der Waals surface area (Å²) in [4.78, 5) is 0.